The maximum atomic E-state index is 12.2. The highest BCUT2D eigenvalue weighted by Crippen LogP contribution is 2.21. The third-order valence-electron chi connectivity index (χ3n) is 3.55. The molecule has 1 aliphatic rings. The van der Waals surface area contributed by atoms with Crippen LogP contribution in [0, 0.1) is 0 Å². The first-order valence-corrected chi connectivity index (χ1v) is 6.94. The molecule has 19 heavy (non-hydrogen) atoms. The summed E-state index contributed by atoms with van der Waals surface area (Å²) in [4.78, 5) is 12.2. The first-order valence-electron chi connectivity index (χ1n) is 6.94. The van der Waals surface area contributed by atoms with Crippen molar-refractivity contribution in [2.75, 3.05) is 13.1 Å². The number of aromatic nitrogens is 2. The van der Waals surface area contributed by atoms with E-state index in [4.69, 9.17) is 0 Å². The molecular weight excluding hydrogens is 240 g/mol. The maximum Gasteiger partial charge on any atom is 0.269 e. The molecule has 0 aliphatic carbocycles. The quantitative estimate of drug-likeness (QED) is 0.862. The predicted molar refractivity (Wildman–Crippen MR) is 75.3 cm³/mol. The van der Waals surface area contributed by atoms with E-state index in [2.05, 4.69) is 36.5 Å². The third-order valence-corrected chi connectivity index (χ3v) is 3.55. The standard InChI is InChI=1S/C14H24N4O/c1-14(2,3)12-8-11(18(4)17-12)13(19)16-9-10-6-5-7-15-10/h8,10,15H,5-7,9H2,1-4H3,(H,16,19). The number of aryl methyl sites for hydroxylation is 1. The second kappa shape index (κ2) is 5.33. The molecule has 2 rings (SSSR count). The number of hydrogen-bond acceptors (Lipinski definition) is 3. The van der Waals surface area contributed by atoms with Gasteiger partial charge in [-0.25, -0.2) is 0 Å². The van der Waals surface area contributed by atoms with E-state index in [1.54, 1.807) is 4.68 Å². The molecule has 1 amide bonds. The maximum absolute atomic E-state index is 12.2. The number of hydrogen-bond donors (Lipinski definition) is 2. The Labute approximate surface area is 114 Å². The number of nitrogens with zero attached hydrogens (tertiary/aromatic N) is 2. The fourth-order valence-electron chi connectivity index (χ4n) is 2.28. The van der Waals surface area contributed by atoms with Gasteiger partial charge in [0.2, 0.25) is 0 Å². The van der Waals surface area contributed by atoms with Crippen LogP contribution < -0.4 is 10.6 Å². The van der Waals surface area contributed by atoms with Gasteiger partial charge in [-0.1, -0.05) is 20.8 Å². The van der Waals surface area contributed by atoms with Crippen LogP contribution in [0.3, 0.4) is 0 Å². The summed E-state index contributed by atoms with van der Waals surface area (Å²) in [6, 6.07) is 2.30. The van der Waals surface area contributed by atoms with E-state index in [0.29, 0.717) is 18.3 Å². The summed E-state index contributed by atoms with van der Waals surface area (Å²) in [6.07, 6.45) is 2.33. The zero-order valence-corrected chi connectivity index (χ0v) is 12.3. The highest BCUT2D eigenvalue weighted by atomic mass is 16.2. The largest absolute Gasteiger partial charge is 0.349 e. The van der Waals surface area contributed by atoms with E-state index >= 15 is 0 Å². The minimum Gasteiger partial charge on any atom is -0.349 e. The fourth-order valence-corrected chi connectivity index (χ4v) is 2.28. The van der Waals surface area contributed by atoms with Crippen molar-refractivity contribution in [2.24, 2.45) is 7.05 Å². The Morgan fingerprint density at radius 1 is 1.58 bits per heavy atom. The molecule has 1 fully saturated rings. The Balaban J connectivity index is 2.00. The molecular formula is C14H24N4O. The van der Waals surface area contributed by atoms with Gasteiger partial charge >= 0.3 is 0 Å². The van der Waals surface area contributed by atoms with Crippen molar-refractivity contribution in [3.8, 4) is 0 Å². The minimum atomic E-state index is -0.0424. The lowest BCUT2D eigenvalue weighted by Gasteiger charge is -2.13. The lowest BCUT2D eigenvalue weighted by atomic mass is 9.92. The molecule has 0 radical (unpaired) electrons. The summed E-state index contributed by atoms with van der Waals surface area (Å²) in [7, 11) is 1.82. The van der Waals surface area contributed by atoms with Crippen LogP contribution in [0.1, 0.15) is 49.8 Å². The summed E-state index contributed by atoms with van der Waals surface area (Å²) in [5.41, 5.74) is 1.53. The van der Waals surface area contributed by atoms with Gasteiger partial charge < -0.3 is 10.6 Å². The normalized spacial score (nSPS) is 19.7. The summed E-state index contributed by atoms with van der Waals surface area (Å²) in [5, 5.41) is 10.8. The van der Waals surface area contributed by atoms with Crippen LogP contribution in [0.15, 0.2) is 6.07 Å². The first-order chi connectivity index (χ1) is 8.88. The molecule has 1 saturated heterocycles. The highest BCUT2D eigenvalue weighted by molar-refractivity contribution is 5.92. The SMILES string of the molecule is Cn1nc(C(C)(C)C)cc1C(=O)NCC1CCCN1. The Bertz CT molecular complexity index is 453. The molecule has 0 bridgehead atoms. The summed E-state index contributed by atoms with van der Waals surface area (Å²) >= 11 is 0. The summed E-state index contributed by atoms with van der Waals surface area (Å²) in [6.45, 7) is 8.04. The number of rotatable bonds is 3. The summed E-state index contributed by atoms with van der Waals surface area (Å²) < 4.78 is 1.66. The topological polar surface area (TPSA) is 59.0 Å². The van der Waals surface area contributed by atoms with Crippen molar-refractivity contribution in [2.45, 2.75) is 45.1 Å². The molecule has 2 heterocycles. The summed E-state index contributed by atoms with van der Waals surface area (Å²) in [5.74, 6) is -0.0424. The van der Waals surface area contributed by atoms with Crippen LogP contribution in [0.4, 0.5) is 0 Å². The first kappa shape index (κ1) is 14.1. The molecule has 5 nitrogen and oxygen atoms in total. The minimum absolute atomic E-state index is 0.0384. The molecule has 5 heteroatoms. The predicted octanol–water partition coefficient (Wildman–Crippen LogP) is 1.20. The average molecular weight is 264 g/mol. The smallest absolute Gasteiger partial charge is 0.269 e. The van der Waals surface area contributed by atoms with Crippen LogP contribution in [0.5, 0.6) is 0 Å². The Morgan fingerprint density at radius 3 is 2.84 bits per heavy atom. The molecule has 0 spiro atoms. The van der Waals surface area contributed by atoms with Gasteiger partial charge in [-0.15, -0.1) is 0 Å². The van der Waals surface area contributed by atoms with E-state index in [-0.39, 0.29) is 11.3 Å². The molecule has 1 aliphatic heterocycles. The number of carbonyl (C=O) groups excluding carboxylic acids is 1. The van der Waals surface area contributed by atoms with Crippen LogP contribution in [0.2, 0.25) is 0 Å². The monoisotopic (exact) mass is 264 g/mol. The van der Waals surface area contributed by atoms with Crippen LogP contribution >= 0.6 is 0 Å². The zero-order chi connectivity index (χ0) is 14.0. The number of amides is 1. The molecule has 0 aromatic carbocycles. The molecule has 0 saturated carbocycles. The number of nitrogens with one attached hydrogen (secondary N) is 2. The second-order valence-electron chi connectivity index (χ2n) is 6.29. The van der Waals surface area contributed by atoms with Crippen molar-refractivity contribution < 1.29 is 4.79 Å². The Kier molecular flexibility index (Phi) is 3.94. The van der Waals surface area contributed by atoms with Crippen molar-refractivity contribution in [3.63, 3.8) is 0 Å². The third kappa shape index (κ3) is 3.35. The van der Waals surface area contributed by atoms with Crippen molar-refractivity contribution in [1.29, 1.82) is 0 Å². The molecule has 1 aromatic heterocycles. The van der Waals surface area contributed by atoms with E-state index in [1.165, 1.54) is 6.42 Å². The van der Waals surface area contributed by atoms with E-state index in [1.807, 2.05) is 13.1 Å². The number of carbonyl (C=O) groups is 1. The van der Waals surface area contributed by atoms with Crippen LogP contribution in [-0.2, 0) is 12.5 Å². The van der Waals surface area contributed by atoms with Gasteiger partial charge in [-0.05, 0) is 25.5 Å². The highest BCUT2D eigenvalue weighted by Gasteiger charge is 2.22. The fraction of sp³-hybridized carbons (Fsp3) is 0.714. The molecule has 2 N–H and O–H groups in total. The van der Waals surface area contributed by atoms with Gasteiger partial charge in [-0.2, -0.15) is 5.10 Å². The molecule has 1 aromatic rings. The lowest BCUT2D eigenvalue weighted by molar-refractivity contribution is 0.0941. The van der Waals surface area contributed by atoms with Crippen molar-refractivity contribution in [3.05, 3.63) is 17.5 Å². The lowest BCUT2D eigenvalue weighted by Crippen LogP contribution is -2.37. The van der Waals surface area contributed by atoms with Crippen molar-refractivity contribution >= 4 is 5.91 Å². The van der Waals surface area contributed by atoms with Crippen molar-refractivity contribution in [1.82, 2.24) is 20.4 Å². The Morgan fingerprint density at radius 2 is 2.32 bits per heavy atom. The van der Waals surface area contributed by atoms with Gasteiger partial charge in [0.25, 0.3) is 5.91 Å². The van der Waals surface area contributed by atoms with E-state index in [9.17, 15) is 4.79 Å². The van der Waals surface area contributed by atoms with Gasteiger partial charge in [0.1, 0.15) is 5.69 Å². The van der Waals surface area contributed by atoms with Crippen LogP contribution in [-0.4, -0.2) is 34.8 Å². The Hall–Kier alpha value is -1.36. The van der Waals surface area contributed by atoms with Gasteiger partial charge in [0, 0.05) is 25.0 Å². The van der Waals surface area contributed by atoms with E-state index < -0.39 is 0 Å². The van der Waals surface area contributed by atoms with Gasteiger partial charge in [0.05, 0.1) is 5.69 Å². The molecule has 1 unspecified atom stereocenters. The second-order valence-corrected chi connectivity index (χ2v) is 6.29. The molecule has 106 valence electrons. The average Bonchev–Trinajstić information content (AvgIpc) is 2.93. The van der Waals surface area contributed by atoms with E-state index in [0.717, 1.165) is 18.7 Å². The zero-order valence-electron chi connectivity index (χ0n) is 12.3. The van der Waals surface area contributed by atoms with Gasteiger partial charge in [-0.3, -0.25) is 9.48 Å². The van der Waals surface area contributed by atoms with Crippen LogP contribution in [0.25, 0.3) is 0 Å². The molecule has 1 atom stereocenters. The van der Waals surface area contributed by atoms with Gasteiger partial charge in [0.15, 0.2) is 0 Å².